The largest absolute Gasteiger partial charge is 0.349 e. The molecule has 0 aliphatic heterocycles. The van der Waals surface area contributed by atoms with Gasteiger partial charge in [0.05, 0.1) is 9.92 Å². The molecule has 0 saturated heterocycles. The molecule has 0 radical (unpaired) electrons. The zero-order valence-electron chi connectivity index (χ0n) is 15.4. The van der Waals surface area contributed by atoms with Gasteiger partial charge in [-0.2, -0.15) is 11.3 Å². The number of nitrogens with one attached hydrogen (secondary N) is 2. The second kappa shape index (κ2) is 8.94. The van der Waals surface area contributed by atoms with Gasteiger partial charge in [0.15, 0.2) is 0 Å². The number of benzene rings is 2. The average Bonchev–Trinajstić information content (AvgIpc) is 3.17. The Hall–Kier alpha value is -2.42. The Bertz CT molecular complexity index is 1100. The van der Waals surface area contributed by atoms with Crippen LogP contribution in [0.2, 0.25) is 5.02 Å². The van der Waals surface area contributed by atoms with Crippen molar-refractivity contribution < 1.29 is 17.6 Å². The lowest BCUT2D eigenvalue weighted by atomic mass is 10.1. The lowest BCUT2D eigenvalue weighted by Gasteiger charge is -2.14. The van der Waals surface area contributed by atoms with Crippen molar-refractivity contribution in [2.75, 3.05) is 4.72 Å². The van der Waals surface area contributed by atoms with Gasteiger partial charge < -0.3 is 5.32 Å². The lowest BCUT2D eigenvalue weighted by Crippen LogP contribution is -2.33. The van der Waals surface area contributed by atoms with Gasteiger partial charge in [-0.3, -0.25) is 9.52 Å². The minimum Gasteiger partial charge on any atom is -0.349 e. The highest BCUT2D eigenvalue weighted by molar-refractivity contribution is 7.92. The minimum absolute atomic E-state index is 0.0431. The minimum atomic E-state index is -3.93. The normalized spacial score (nSPS) is 12.4. The van der Waals surface area contributed by atoms with Crippen molar-refractivity contribution >= 4 is 44.6 Å². The highest BCUT2D eigenvalue weighted by Crippen LogP contribution is 2.22. The maximum absolute atomic E-state index is 13.2. The fourth-order valence-corrected chi connectivity index (χ4v) is 4.68. The van der Waals surface area contributed by atoms with Crippen LogP contribution in [-0.4, -0.2) is 20.4 Å². The van der Waals surface area contributed by atoms with Gasteiger partial charge in [-0.25, -0.2) is 12.8 Å². The number of amides is 1. The van der Waals surface area contributed by atoms with Crippen LogP contribution in [0.4, 0.5) is 10.1 Å². The smallest absolute Gasteiger partial charge is 0.261 e. The van der Waals surface area contributed by atoms with E-state index < -0.39 is 15.8 Å². The van der Waals surface area contributed by atoms with E-state index in [0.29, 0.717) is 5.56 Å². The summed E-state index contributed by atoms with van der Waals surface area (Å²) in [4.78, 5) is 12.2. The molecule has 29 heavy (non-hydrogen) atoms. The highest BCUT2D eigenvalue weighted by Gasteiger charge is 2.17. The number of carbonyl (C=O) groups excluding carboxylic acids is 1. The molecule has 1 amide bonds. The first-order valence-corrected chi connectivity index (χ1v) is 11.4. The van der Waals surface area contributed by atoms with E-state index >= 15 is 0 Å². The van der Waals surface area contributed by atoms with Gasteiger partial charge in [-0.1, -0.05) is 11.6 Å². The molecule has 0 fully saturated rings. The lowest BCUT2D eigenvalue weighted by molar-refractivity contribution is 0.0940. The summed E-state index contributed by atoms with van der Waals surface area (Å²) in [6.45, 7) is 1.92. The monoisotopic (exact) mass is 452 g/mol. The average molecular weight is 453 g/mol. The molecule has 0 aliphatic carbocycles. The molecule has 2 aromatic carbocycles. The van der Waals surface area contributed by atoms with Crippen LogP contribution in [0.1, 0.15) is 22.8 Å². The fourth-order valence-electron chi connectivity index (χ4n) is 2.67. The van der Waals surface area contributed by atoms with Crippen LogP contribution in [0.3, 0.4) is 0 Å². The van der Waals surface area contributed by atoms with Crippen molar-refractivity contribution in [2.24, 2.45) is 0 Å². The van der Waals surface area contributed by atoms with Crippen molar-refractivity contribution in [3.63, 3.8) is 0 Å². The predicted octanol–water partition coefficient (Wildman–Crippen LogP) is 4.70. The van der Waals surface area contributed by atoms with Crippen molar-refractivity contribution in [3.8, 4) is 0 Å². The third-order valence-corrected chi connectivity index (χ3v) is 6.50. The van der Waals surface area contributed by atoms with E-state index in [1.54, 1.807) is 11.3 Å². The third kappa shape index (κ3) is 5.56. The van der Waals surface area contributed by atoms with E-state index in [0.717, 1.165) is 30.2 Å². The Morgan fingerprint density at radius 3 is 2.52 bits per heavy atom. The van der Waals surface area contributed by atoms with Crippen molar-refractivity contribution in [1.82, 2.24) is 5.32 Å². The standard InChI is InChI=1S/C20H18ClFN2O3S2/c1-13(10-14-8-9-28-12-14)23-20(25)15-2-4-16(5-3-15)24-29(26,27)17-6-7-19(22)18(21)11-17/h2-9,11-13,24H,10H2,1H3,(H,23,25). The number of sulfonamides is 1. The molecule has 9 heteroatoms. The van der Waals surface area contributed by atoms with Gasteiger partial charge >= 0.3 is 0 Å². The van der Waals surface area contributed by atoms with Gasteiger partial charge in [0.2, 0.25) is 0 Å². The molecule has 3 rings (SSSR count). The van der Waals surface area contributed by atoms with Gasteiger partial charge in [-0.05, 0) is 78.2 Å². The van der Waals surface area contributed by atoms with Crippen molar-refractivity contribution in [3.05, 3.63) is 81.3 Å². The molecule has 2 N–H and O–H groups in total. The molecule has 0 aliphatic rings. The highest BCUT2D eigenvalue weighted by atomic mass is 35.5. The van der Waals surface area contributed by atoms with Gasteiger partial charge in [0.25, 0.3) is 15.9 Å². The summed E-state index contributed by atoms with van der Waals surface area (Å²) < 4.78 is 40.4. The van der Waals surface area contributed by atoms with E-state index in [1.807, 2.05) is 23.8 Å². The Balaban J connectivity index is 1.64. The molecule has 152 valence electrons. The van der Waals surface area contributed by atoms with E-state index in [4.69, 9.17) is 11.6 Å². The van der Waals surface area contributed by atoms with E-state index in [1.165, 1.54) is 24.3 Å². The van der Waals surface area contributed by atoms with Crippen LogP contribution in [0.15, 0.2) is 64.2 Å². The summed E-state index contributed by atoms with van der Waals surface area (Å²) in [5.41, 5.74) is 1.84. The first-order valence-electron chi connectivity index (χ1n) is 8.64. The number of hydrogen-bond donors (Lipinski definition) is 2. The molecular formula is C20H18ClFN2O3S2. The molecule has 0 saturated carbocycles. The summed E-state index contributed by atoms with van der Waals surface area (Å²) >= 11 is 7.26. The van der Waals surface area contributed by atoms with Crippen LogP contribution in [0.25, 0.3) is 0 Å². The maximum atomic E-state index is 13.2. The third-order valence-electron chi connectivity index (χ3n) is 4.10. The number of hydrogen-bond acceptors (Lipinski definition) is 4. The summed E-state index contributed by atoms with van der Waals surface area (Å²) in [5, 5.41) is 6.66. The Kier molecular flexibility index (Phi) is 6.56. The zero-order chi connectivity index (χ0) is 21.0. The first kappa shape index (κ1) is 21.3. The van der Waals surface area contributed by atoms with Crippen LogP contribution in [-0.2, 0) is 16.4 Å². The van der Waals surface area contributed by atoms with E-state index in [9.17, 15) is 17.6 Å². The topological polar surface area (TPSA) is 75.3 Å². The zero-order valence-corrected chi connectivity index (χ0v) is 17.7. The van der Waals surface area contributed by atoms with Crippen LogP contribution in [0, 0.1) is 5.82 Å². The second-order valence-electron chi connectivity index (χ2n) is 6.47. The first-order chi connectivity index (χ1) is 13.7. The summed E-state index contributed by atoms with van der Waals surface area (Å²) in [6.07, 6.45) is 0.730. The maximum Gasteiger partial charge on any atom is 0.261 e. The number of anilines is 1. The van der Waals surface area contributed by atoms with Crippen LogP contribution >= 0.6 is 22.9 Å². The van der Waals surface area contributed by atoms with Crippen molar-refractivity contribution in [1.29, 1.82) is 0 Å². The van der Waals surface area contributed by atoms with Crippen molar-refractivity contribution in [2.45, 2.75) is 24.3 Å². The second-order valence-corrected chi connectivity index (χ2v) is 9.34. The molecule has 1 atom stereocenters. The molecule has 1 heterocycles. The van der Waals surface area contributed by atoms with Crippen LogP contribution < -0.4 is 10.0 Å². The van der Waals surface area contributed by atoms with Gasteiger partial charge in [0.1, 0.15) is 5.82 Å². The van der Waals surface area contributed by atoms with Gasteiger partial charge in [-0.15, -0.1) is 0 Å². The summed E-state index contributed by atoms with van der Waals surface area (Å²) in [6, 6.07) is 11.2. The van der Waals surface area contributed by atoms with Gasteiger partial charge in [0, 0.05) is 17.3 Å². The molecule has 1 unspecified atom stereocenters. The molecule has 3 aromatic rings. The number of carbonyl (C=O) groups is 1. The molecule has 1 aromatic heterocycles. The quantitative estimate of drug-likeness (QED) is 0.545. The number of rotatable bonds is 7. The molecule has 0 spiro atoms. The summed E-state index contributed by atoms with van der Waals surface area (Å²) in [7, 11) is -3.93. The van der Waals surface area contributed by atoms with E-state index in [-0.39, 0.29) is 27.6 Å². The summed E-state index contributed by atoms with van der Waals surface area (Å²) in [5.74, 6) is -0.943. The molecule has 0 bridgehead atoms. The molecule has 5 nitrogen and oxygen atoms in total. The number of thiophene rings is 1. The van der Waals surface area contributed by atoms with Crippen LogP contribution in [0.5, 0.6) is 0 Å². The van der Waals surface area contributed by atoms with E-state index in [2.05, 4.69) is 10.0 Å². The Morgan fingerprint density at radius 1 is 1.17 bits per heavy atom. The Morgan fingerprint density at radius 2 is 1.90 bits per heavy atom. The predicted molar refractivity (Wildman–Crippen MR) is 114 cm³/mol. The fraction of sp³-hybridized carbons (Fsp3) is 0.150. The SMILES string of the molecule is CC(Cc1ccsc1)NC(=O)c1ccc(NS(=O)(=O)c2ccc(F)c(Cl)c2)cc1. The molecular weight excluding hydrogens is 435 g/mol. The number of halogens is 2. The Labute approximate surface area is 177 Å².